The average Bonchev–Trinajstić information content (AvgIpc) is 2.57. The van der Waals surface area contributed by atoms with Crippen LogP contribution in [-0.2, 0) is 0 Å². The molecule has 128 valence electrons. The Kier molecular flexibility index (Phi) is 5.03. The number of carbonyl (C=O) groups excluding carboxylic acids is 1. The number of aldehydes is 1. The maximum atomic E-state index is 12.7. The van der Waals surface area contributed by atoms with E-state index in [2.05, 4.69) is 22.6 Å². The zero-order chi connectivity index (χ0) is 17.3. The van der Waals surface area contributed by atoms with Gasteiger partial charge in [-0.25, -0.2) is 0 Å². The summed E-state index contributed by atoms with van der Waals surface area (Å²) in [6.07, 6.45) is -2.38. The number of benzene rings is 2. The Bertz CT molecular complexity index is 750. The Morgan fingerprint density at radius 2 is 1.79 bits per heavy atom. The van der Waals surface area contributed by atoms with Crippen molar-refractivity contribution in [2.75, 3.05) is 0 Å². The molecular weight excluding hydrogens is 432 g/mol. The van der Waals surface area contributed by atoms with Crippen LogP contribution in [0.4, 0.5) is 13.2 Å². The second-order valence-electron chi connectivity index (χ2n) is 6.11. The first-order chi connectivity index (χ1) is 11.4. The van der Waals surface area contributed by atoms with Gasteiger partial charge in [0.15, 0.2) is 0 Å². The number of rotatable bonds is 3. The van der Waals surface area contributed by atoms with Crippen LogP contribution < -0.4 is 4.74 Å². The summed E-state index contributed by atoms with van der Waals surface area (Å²) in [7, 11) is 0. The van der Waals surface area contributed by atoms with Crippen LogP contribution >= 0.6 is 22.6 Å². The van der Waals surface area contributed by atoms with E-state index in [0.717, 1.165) is 20.6 Å². The maximum Gasteiger partial charge on any atom is 0.391 e. The van der Waals surface area contributed by atoms with Crippen molar-refractivity contribution in [1.29, 1.82) is 0 Å². The molecule has 2 aromatic rings. The molecule has 0 amide bonds. The fourth-order valence-corrected chi connectivity index (χ4v) is 3.94. The monoisotopic (exact) mass is 448 g/mol. The van der Waals surface area contributed by atoms with Crippen LogP contribution in [0.25, 0.3) is 10.8 Å². The highest BCUT2D eigenvalue weighted by molar-refractivity contribution is 14.1. The van der Waals surface area contributed by atoms with Crippen molar-refractivity contribution in [3.8, 4) is 5.75 Å². The second-order valence-corrected chi connectivity index (χ2v) is 7.19. The minimum atomic E-state index is -4.10. The molecule has 0 unspecified atom stereocenters. The van der Waals surface area contributed by atoms with Gasteiger partial charge < -0.3 is 4.74 Å². The topological polar surface area (TPSA) is 26.3 Å². The predicted molar refractivity (Wildman–Crippen MR) is 94.5 cm³/mol. The first kappa shape index (κ1) is 17.5. The van der Waals surface area contributed by atoms with Crippen molar-refractivity contribution in [2.45, 2.75) is 38.0 Å². The predicted octanol–water partition coefficient (Wildman–Crippen LogP) is 5.76. The number of fused-ring (bicyclic) bond motifs is 1. The molecule has 0 spiro atoms. The van der Waals surface area contributed by atoms with Crippen LogP contribution in [0.15, 0.2) is 30.3 Å². The summed E-state index contributed by atoms with van der Waals surface area (Å²) in [6.45, 7) is 0. The second kappa shape index (κ2) is 6.90. The molecule has 1 aliphatic carbocycles. The fraction of sp³-hybridized carbons (Fsp3) is 0.389. The zero-order valence-corrected chi connectivity index (χ0v) is 14.9. The summed E-state index contributed by atoms with van der Waals surface area (Å²) in [4.78, 5) is 10.9. The summed E-state index contributed by atoms with van der Waals surface area (Å²) >= 11 is 2.18. The first-order valence-electron chi connectivity index (χ1n) is 7.79. The maximum absolute atomic E-state index is 12.7. The third kappa shape index (κ3) is 3.68. The summed E-state index contributed by atoms with van der Waals surface area (Å²) in [5.74, 6) is -0.507. The molecule has 1 fully saturated rings. The van der Waals surface area contributed by atoms with Crippen molar-refractivity contribution in [2.24, 2.45) is 5.92 Å². The van der Waals surface area contributed by atoms with E-state index in [-0.39, 0.29) is 18.9 Å². The van der Waals surface area contributed by atoms with Gasteiger partial charge in [-0.2, -0.15) is 13.2 Å². The van der Waals surface area contributed by atoms with Crippen LogP contribution in [0, 0.1) is 9.49 Å². The molecule has 24 heavy (non-hydrogen) atoms. The Balaban J connectivity index is 1.74. The van der Waals surface area contributed by atoms with Crippen molar-refractivity contribution in [1.82, 2.24) is 0 Å². The van der Waals surface area contributed by atoms with Gasteiger partial charge >= 0.3 is 6.18 Å². The normalized spacial score (nSPS) is 21.7. The number of carbonyl (C=O) groups is 1. The van der Waals surface area contributed by atoms with E-state index >= 15 is 0 Å². The third-order valence-corrected chi connectivity index (χ3v) is 5.62. The molecule has 0 N–H and O–H groups in total. The lowest BCUT2D eigenvalue weighted by Gasteiger charge is -2.30. The number of ether oxygens (including phenoxy) is 1. The van der Waals surface area contributed by atoms with Crippen molar-refractivity contribution < 1.29 is 22.7 Å². The largest absolute Gasteiger partial charge is 0.489 e. The van der Waals surface area contributed by atoms with Crippen LogP contribution in [-0.4, -0.2) is 18.6 Å². The van der Waals surface area contributed by atoms with Gasteiger partial charge in [0, 0.05) is 5.56 Å². The van der Waals surface area contributed by atoms with Crippen LogP contribution in [0.1, 0.15) is 36.0 Å². The molecule has 0 atom stereocenters. The van der Waals surface area contributed by atoms with E-state index in [1.54, 1.807) is 6.07 Å². The summed E-state index contributed by atoms with van der Waals surface area (Å²) < 4.78 is 45.1. The Labute approximate surface area is 151 Å². The van der Waals surface area contributed by atoms with E-state index in [9.17, 15) is 18.0 Å². The minimum absolute atomic E-state index is 0.126. The lowest BCUT2D eigenvalue weighted by Crippen LogP contribution is -2.32. The zero-order valence-electron chi connectivity index (χ0n) is 12.8. The quantitative estimate of drug-likeness (QED) is 0.441. The molecule has 0 heterocycles. The summed E-state index contributed by atoms with van der Waals surface area (Å²) in [5.41, 5.74) is 0.609. The fourth-order valence-electron chi connectivity index (χ4n) is 3.14. The van der Waals surface area contributed by atoms with Crippen molar-refractivity contribution in [3.05, 3.63) is 39.5 Å². The Hall–Kier alpha value is -1.31. The standard InChI is InChI=1S/C18H16F3IO2/c19-18(20,21)13-3-5-14(6-4-13)24-16-8-2-12-9-11(10-23)1-7-15(12)17(16)22/h1-2,7-10,13-14H,3-6H2. The van der Waals surface area contributed by atoms with Gasteiger partial charge in [0.05, 0.1) is 15.6 Å². The van der Waals surface area contributed by atoms with E-state index in [1.165, 1.54) is 0 Å². The smallest absolute Gasteiger partial charge is 0.391 e. The third-order valence-electron chi connectivity index (χ3n) is 4.51. The molecule has 0 aromatic heterocycles. The highest BCUT2D eigenvalue weighted by Crippen LogP contribution is 2.39. The molecule has 1 saturated carbocycles. The summed E-state index contributed by atoms with van der Waals surface area (Å²) in [5, 5.41) is 1.92. The van der Waals surface area contributed by atoms with Crippen LogP contribution in [0.3, 0.4) is 0 Å². The molecule has 1 aliphatic rings. The molecule has 0 saturated heterocycles. The van der Waals surface area contributed by atoms with Gasteiger partial charge in [0.1, 0.15) is 12.0 Å². The van der Waals surface area contributed by atoms with Crippen molar-refractivity contribution >= 4 is 39.6 Å². The van der Waals surface area contributed by atoms with E-state index in [0.29, 0.717) is 24.2 Å². The van der Waals surface area contributed by atoms with Gasteiger partial charge in [-0.1, -0.05) is 18.2 Å². The van der Waals surface area contributed by atoms with Gasteiger partial charge in [0.25, 0.3) is 0 Å². The first-order valence-corrected chi connectivity index (χ1v) is 8.87. The molecular formula is C18H16F3IO2. The SMILES string of the molecule is O=Cc1ccc2c(I)c(OC3CCC(C(F)(F)F)CC3)ccc2c1. The van der Waals surface area contributed by atoms with E-state index in [4.69, 9.17) is 4.74 Å². The molecule has 3 rings (SSSR count). The minimum Gasteiger partial charge on any atom is -0.489 e. The van der Waals surface area contributed by atoms with E-state index in [1.807, 2.05) is 24.3 Å². The Morgan fingerprint density at radius 3 is 2.42 bits per heavy atom. The van der Waals surface area contributed by atoms with Gasteiger partial charge in [-0.05, 0) is 71.2 Å². The molecule has 0 bridgehead atoms. The number of hydrogen-bond acceptors (Lipinski definition) is 2. The van der Waals surface area contributed by atoms with Crippen LogP contribution in [0.5, 0.6) is 5.75 Å². The molecule has 0 radical (unpaired) electrons. The van der Waals surface area contributed by atoms with Gasteiger partial charge in [-0.3, -0.25) is 4.79 Å². The number of halogens is 4. The van der Waals surface area contributed by atoms with Gasteiger partial charge in [0.2, 0.25) is 0 Å². The molecule has 6 heteroatoms. The Morgan fingerprint density at radius 1 is 1.08 bits per heavy atom. The average molecular weight is 448 g/mol. The lowest BCUT2D eigenvalue weighted by molar-refractivity contribution is -0.185. The number of alkyl halides is 3. The molecule has 2 aromatic carbocycles. The lowest BCUT2D eigenvalue weighted by atomic mass is 9.87. The van der Waals surface area contributed by atoms with E-state index < -0.39 is 12.1 Å². The molecule has 2 nitrogen and oxygen atoms in total. The summed E-state index contributed by atoms with van der Waals surface area (Å²) in [6, 6.07) is 9.13. The van der Waals surface area contributed by atoms with Crippen molar-refractivity contribution in [3.63, 3.8) is 0 Å². The molecule has 0 aliphatic heterocycles. The van der Waals surface area contributed by atoms with Gasteiger partial charge in [-0.15, -0.1) is 0 Å². The highest BCUT2D eigenvalue weighted by atomic mass is 127. The van der Waals surface area contributed by atoms with Crippen LogP contribution in [0.2, 0.25) is 0 Å². The highest BCUT2D eigenvalue weighted by Gasteiger charge is 2.41. The number of hydrogen-bond donors (Lipinski definition) is 0.